The van der Waals surface area contributed by atoms with Crippen LogP contribution in [0.4, 0.5) is 5.69 Å². The Kier molecular flexibility index (Phi) is 2.08. The van der Waals surface area contributed by atoms with Gasteiger partial charge in [-0.2, -0.15) is 0 Å². The van der Waals surface area contributed by atoms with Crippen LogP contribution >= 0.6 is 11.6 Å². The lowest BCUT2D eigenvalue weighted by atomic mass is 10.2. The van der Waals surface area contributed by atoms with Crippen LogP contribution < -0.4 is 9.64 Å². The van der Waals surface area contributed by atoms with Gasteiger partial charge < -0.3 is 9.64 Å². The summed E-state index contributed by atoms with van der Waals surface area (Å²) in [5, 5.41) is 0.775. The second-order valence-electron chi connectivity index (χ2n) is 3.36. The molecule has 13 heavy (non-hydrogen) atoms. The molecule has 2 rings (SSSR count). The predicted molar refractivity (Wildman–Crippen MR) is 55.0 cm³/mol. The van der Waals surface area contributed by atoms with Crippen LogP contribution in [0.5, 0.6) is 5.75 Å². The molecule has 1 aromatic carbocycles. The Labute approximate surface area is 83.1 Å². The van der Waals surface area contributed by atoms with E-state index >= 15 is 0 Å². The molecule has 1 heterocycles. The van der Waals surface area contributed by atoms with Crippen molar-refractivity contribution >= 4 is 17.3 Å². The zero-order chi connectivity index (χ0) is 9.42. The average Bonchev–Trinajstić information content (AvgIpc) is 2.02. The first-order valence-electron chi connectivity index (χ1n) is 4.32. The smallest absolute Gasteiger partial charge is 0.144 e. The largest absolute Gasteiger partial charge is 0.490 e. The van der Waals surface area contributed by atoms with Crippen LogP contribution in [0.1, 0.15) is 5.56 Å². The number of rotatable bonds is 0. The summed E-state index contributed by atoms with van der Waals surface area (Å²) in [6.45, 7) is 3.66. The molecule has 0 amide bonds. The first-order chi connectivity index (χ1) is 6.18. The molecule has 0 aliphatic carbocycles. The number of benzene rings is 1. The van der Waals surface area contributed by atoms with Crippen LogP contribution in [0, 0.1) is 6.92 Å². The van der Waals surface area contributed by atoms with Crippen LogP contribution in [0.2, 0.25) is 5.02 Å². The molecule has 0 spiro atoms. The van der Waals surface area contributed by atoms with Gasteiger partial charge in [-0.05, 0) is 24.6 Å². The number of fused-ring (bicyclic) bond motifs is 1. The van der Waals surface area contributed by atoms with Crippen LogP contribution in [0.3, 0.4) is 0 Å². The number of hydrogen-bond acceptors (Lipinski definition) is 2. The maximum absolute atomic E-state index is 6.12. The zero-order valence-electron chi connectivity index (χ0n) is 7.80. The lowest BCUT2D eigenvalue weighted by molar-refractivity contribution is 0.311. The minimum absolute atomic E-state index is 0.739. The van der Waals surface area contributed by atoms with Gasteiger partial charge in [-0.25, -0.2) is 0 Å². The molecule has 0 saturated carbocycles. The van der Waals surface area contributed by atoms with Crippen LogP contribution in [-0.2, 0) is 0 Å². The van der Waals surface area contributed by atoms with Crippen molar-refractivity contribution in [1.29, 1.82) is 0 Å². The minimum atomic E-state index is 0.739. The van der Waals surface area contributed by atoms with Crippen molar-refractivity contribution < 1.29 is 4.74 Å². The molecule has 1 aliphatic rings. The second-order valence-corrected chi connectivity index (χ2v) is 3.77. The van der Waals surface area contributed by atoms with E-state index in [4.69, 9.17) is 16.3 Å². The van der Waals surface area contributed by atoms with E-state index in [0.717, 1.165) is 35.2 Å². The van der Waals surface area contributed by atoms with Gasteiger partial charge in [0.1, 0.15) is 12.4 Å². The maximum atomic E-state index is 6.12. The van der Waals surface area contributed by atoms with Gasteiger partial charge in [-0.1, -0.05) is 11.6 Å². The molecular weight excluding hydrogens is 186 g/mol. The molecule has 0 fully saturated rings. The van der Waals surface area contributed by atoms with Crippen LogP contribution in [0.15, 0.2) is 12.1 Å². The number of aryl methyl sites for hydroxylation is 1. The van der Waals surface area contributed by atoms with Gasteiger partial charge in [0.05, 0.1) is 17.3 Å². The molecule has 0 N–H and O–H groups in total. The van der Waals surface area contributed by atoms with E-state index in [1.807, 2.05) is 26.1 Å². The normalized spacial score (nSPS) is 15.2. The molecule has 0 aromatic heterocycles. The summed E-state index contributed by atoms with van der Waals surface area (Å²) >= 11 is 6.12. The highest BCUT2D eigenvalue weighted by Gasteiger charge is 2.18. The van der Waals surface area contributed by atoms with E-state index in [2.05, 4.69) is 4.90 Å². The summed E-state index contributed by atoms with van der Waals surface area (Å²) in [4.78, 5) is 2.13. The third kappa shape index (κ3) is 1.46. The van der Waals surface area contributed by atoms with Gasteiger partial charge in [-0.3, -0.25) is 0 Å². The highest BCUT2D eigenvalue weighted by Crippen LogP contribution is 2.38. The van der Waals surface area contributed by atoms with Crippen LogP contribution in [0.25, 0.3) is 0 Å². The molecule has 70 valence electrons. The first kappa shape index (κ1) is 8.70. The molecule has 2 nitrogen and oxygen atoms in total. The molecular formula is C10H12ClNO. The van der Waals surface area contributed by atoms with Gasteiger partial charge in [0, 0.05) is 7.05 Å². The Morgan fingerprint density at radius 3 is 3.00 bits per heavy atom. The summed E-state index contributed by atoms with van der Waals surface area (Å²) in [5.74, 6) is 0.902. The molecule has 0 saturated heterocycles. The van der Waals surface area contributed by atoms with Crippen molar-refractivity contribution in [1.82, 2.24) is 0 Å². The van der Waals surface area contributed by atoms with E-state index in [-0.39, 0.29) is 0 Å². The topological polar surface area (TPSA) is 12.5 Å². The second kappa shape index (κ2) is 3.11. The first-order valence-corrected chi connectivity index (χ1v) is 4.70. The van der Waals surface area contributed by atoms with E-state index < -0.39 is 0 Å². The number of likely N-dealkylation sites (N-methyl/N-ethyl adjacent to an activating group) is 1. The number of ether oxygens (including phenoxy) is 1. The molecule has 0 atom stereocenters. The summed E-state index contributed by atoms with van der Waals surface area (Å²) in [6.07, 6.45) is 0. The van der Waals surface area contributed by atoms with Gasteiger partial charge in [0.25, 0.3) is 0 Å². The maximum Gasteiger partial charge on any atom is 0.144 e. The Balaban J connectivity index is 2.56. The molecule has 1 aromatic rings. The SMILES string of the molecule is Cc1cc(Cl)c2c(c1)OCCN2C. The van der Waals surface area contributed by atoms with E-state index in [9.17, 15) is 0 Å². The quantitative estimate of drug-likeness (QED) is 0.634. The van der Waals surface area contributed by atoms with Crippen molar-refractivity contribution in [3.8, 4) is 5.75 Å². The van der Waals surface area contributed by atoms with E-state index in [0.29, 0.717) is 0 Å². The van der Waals surface area contributed by atoms with Crippen molar-refractivity contribution in [2.24, 2.45) is 0 Å². The predicted octanol–water partition coefficient (Wildman–Crippen LogP) is 2.48. The highest BCUT2D eigenvalue weighted by atomic mass is 35.5. The number of anilines is 1. The molecule has 1 aliphatic heterocycles. The van der Waals surface area contributed by atoms with Crippen molar-refractivity contribution in [2.75, 3.05) is 25.1 Å². The number of hydrogen-bond donors (Lipinski definition) is 0. The lowest BCUT2D eigenvalue weighted by Crippen LogP contribution is -2.29. The van der Waals surface area contributed by atoms with Gasteiger partial charge in [0.2, 0.25) is 0 Å². The van der Waals surface area contributed by atoms with Crippen molar-refractivity contribution in [3.05, 3.63) is 22.7 Å². The fraction of sp³-hybridized carbons (Fsp3) is 0.400. The Hall–Kier alpha value is -0.890. The van der Waals surface area contributed by atoms with Crippen LogP contribution in [-0.4, -0.2) is 20.2 Å². The summed E-state index contributed by atoms with van der Waals surface area (Å²) < 4.78 is 5.53. The van der Waals surface area contributed by atoms with Gasteiger partial charge >= 0.3 is 0 Å². The standard InChI is InChI=1S/C10H12ClNO/c1-7-5-8(11)10-9(6-7)13-4-3-12(10)2/h5-6H,3-4H2,1-2H3. The number of halogens is 1. The molecule has 0 radical (unpaired) electrons. The van der Waals surface area contributed by atoms with E-state index in [1.165, 1.54) is 0 Å². The van der Waals surface area contributed by atoms with Crippen molar-refractivity contribution in [3.63, 3.8) is 0 Å². The van der Waals surface area contributed by atoms with Gasteiger partial charge in [-0.15, -0.1) is 0 Å². The fourth-order valence-corrected chi connectivity index (χ4v) is 2.00. The molecule has 3 heteroatoms. The summed E-state index contributed by atoms with van der Waals surface area (Å²) in [6, 6.07) is 3.99. The monoisotopic (exact) mass is 197 g/mol. The third-order valence-electron chi connectivity index (χ3n) is 2.24. The third-order valence-corrected chi connectivity index (χ3v) is 2.53. The molecule has 0 bridgehead atoms. The lowest BCUT2D eigenvalue weighted by Gasteiger charge is -2.28. The van der Waals surface area contributed by atoms with Gasteiger partial charge in [0.15, 0.2) is 0 Å². The van der Waals surface area contributed by atoms with E-state index in [1.54, 1.807) is 0 Å². The average molecular weight is 198 g/mol. The van der Waals surface area contributed by atoms with Crippen molar-refractivity contribution in [2.45, 2.75) is 6.92 Å². The summed E-state index contributed by atoms with van der Waals surface area (Å²) in [5.41, 5.74) is 2.15. The fourth-order valence-electron chi connectivity index (χ4n) is 1.59. The Bertz CT molecular complexity index is 338. The summed E-state index contributed by atoms with van der Waals surface area (Å²) in [7, 11) is 2.03. The Morgan fingerprint density at radius 2 is 2.23 bits per heavy atom. The Morgan fingerprint density at radius 1 is 1.46 bits per heavy atom. The minimum Gasteiger partial charge on any atom is -0.490 e. The highest BCUT2D eigenvalue weighted by molar-refractivity contribution is 6.33. The number of nitrogens with zero attached hydrogens (tertiary/aromatic N) is 1. The molecule has 0 unspecified atom stereocenters. The zero-order valence-corrected chi connectivity index (χ0v) is 8.56.